The number of anilines is 2. The van der Waals surface area contributed by atoms with E-state index in [-0.39, 0.29) is 23.9 Å². The van der Waals surface area contributed by atoms with Gasteiger partial charge < -0.3 is 21.5 Å². The summed E-state index contributed by atoms with van der Waals surface area (Å²) in [5.74, 6) is -0.586. The summed E-state index contributed by atoms with van der Waals surface area (Å²) in [6.45, 7) is 0.354. The third kappa shape index (κ3) is 4.13. The zero-order chi connectivity index (χ0) is 13.8. The first-order valence-corrected chi connectivity index (χ1v) is 7.54. The minimum atomic E-state index is -3.43. The molecule has 0 aliphatic rings. The molecule has 5 N–H and O–H groups in total. The molecule has 0 atom stereocenters. The van der Waals surface area contributed by atoms with Crippen LogP contribution in [0.5, 0.6) is 0 Å². The SMILES string of the molecule is CS(=O)(=O)c1c(N)nsc1NCCOCC(N)=O. The van der Waals surface area contributed by atoms with Crippen LogP contribution in [0.2, 0.25) is 0 Å². The first-order valence-electron chi connectivity index (χ1n) is 4.87. The molecule has 0 radical (unpaired) electrons. The summed E-state index contributed by atoms with van der Waals surface area (Å²) in [6, 6.07) is 0. The van der Waals surface area contributed by atoms with Crippen LogP contribution in [0, 0.1) is 0 Å². The Morgan fingerprint density at radius 3 is 2.78 bits per heavy atom. The molecular formula is C8H14N4O4S2. The monoisotopic (exact) mass is 294 g/mol. The van der Waals surface area contributed by atoms with Gasteiger partial charge >= 0.3 is 0 Å². The molecule has 0 bridgehead atoms. The first kappa shape index (κ1) is 14.7. The number of nitrogens with zero attached hydrogens (tertiary/aromatic N) is 1. The normalized spacial score (nSPS) is 11.4. The molecule has 0 fully saturated rings. The largest absolute Gasteiger partial charge is 0.382 e. The Bertz CT molecular complexity index is 525. The molecule has 1 amide bonds. The molecule has 1 rings (SSSR count). The average molecular weight is 294 g/mol. The minimum Gasteiger partial charge on any atom is -0.382 e. The molecule has 0 saturated carbocycles. The van der Waals surface area contributed by atoms with E-state index in [2.05, 4.69) is 9.69 Å². The zero-order valence-corrected chi connectivity index (χ0v) is 11.3. The van der Waals surface area contributed by atoms with Crippen molar-refractivity contribution in [2.75, 3.05) is 37.1 Å². The van der Waals surface area contributed by atoms with Crippen molar-refractivity contribution in [2.24, 2.45) is 5.73 Å². The van der Waals surface area contributed by atoms with Gasteiger partial charge in [-0.1, -0.05) is 0 Å². The second-order valence-electron chi connectivity index (χ2n) is 3.44. The maximum Gasteiger partial charge on any atom is 0.243 e. The average Bonchev–Trinajstić information content (AvgIpc) is 2.58. The van der Waals surface area contributed by atoms with Crippen LogP contribution >= 0.6 is 11.5 Å². The van der Waals surface area contributed by atoms with Crippen LogP contribution < -0.4 is 16.8 Å². The molecule has 0 spiro atoms. The molecule has 8 nitrogen and oxygen atoms in total. The lowest BCUT2D eigenvalue weighted by molar-refractivity contribution is -0.122. The Hall–Kier alpha value is -1.39. The maximum atomic E-state index is 11.5. The van der Waals surface area contributed by atoms with Gasteiger partial charge in [-0.25, -0.2) is 8.42 Å². The van der Waals surface area contributed by atoms with Crippen LogP contribution in [0.15, 0.2) is 4.90 Å². The molecule has 102 valence electrons. The summed E-state index contributed by atoms with van der Waals surface area (Å²) < 4.78 is 31.6. The van der Waals surface area contributed by atoms with Crippen LogP contribution in [0.3, 0.4) is 0 Å². The fourth-order valence-corrected chi connectivity index (χ4v) is 3.27. The van der Waals surface area contributed by atoms with Gasteiger partial charge in [0, 0.05) is 12.8 Å². The maximum absolute atomic E-state index is 11.5. The lowest BCUT2D eigenvalue weighted by atomic mass is 10.5. The Morgan fingerprint density at radius 2 is 2.22 bits per heavy atom. The number of nitrogens with one attached hydrogen (secondary N) is 1. The zero-order valence-electron chi connectivity index (χ0n) is 9.67. The van der Waals surface area contributed by atoms with E-state index < -0.39 is 15.7 Å². The van der Waals surface area contributed by atoms with E-state index in [1.165, 1.54) is 0 Å². The van der Waals surface area contributed by atoms with Crippen molar-refractivity contribution in [1.82, 2.24) is 4.37 Å². The molecule has 0 aliphatic carbocycles. The molecule has 0 aromatic carbocycles. The van der Waals surface area contributed by atoms with Crippen molar-refractivity contribution >= 4 is 38.1 Å². The molecule has 0 aliphatic heterocycles. The smallest absolute Gasteiger partial charge is 0.243 e. The lowest BCUT2D eigenvalue weighted by Crippen LogP contribution is -2.20. The van der Waals surface area contributed by atoms with Gasteiger partial charge in [0.05, 0.1) is 6.61 Å². The highest BCUT2D eigenvalue weighted by molar-refractivity contribution is 7.91. The summed E-state index contributed by atoms with van der Waals surface area (Å²) in [5.41, 5.74) is 10.4. The Morgan fingerprint density at radius 1 is 1.56 bits per heavy atom. The van der Waals surface area contributed by atoms with E-state index >= 15 is 0 Å². The highest BCUT2D eigenvalue weighted by atomic mass is 32.2. The highest BCUT2D eigenvalue weighted by Gasteiger charge is 2.20. The summed E-state index contributed by atoms with van der Waals surface area (Å²) >= 11 is 0.955. The number of carbonyl (C=O) groups is 1. The van der Waals surface area contributed by atoms with Crippen LogP contribution in [0.4, 0.5) is 10.8 Å². The number of sulfone groups is 1. The summed E-state index contributed by atoms with van der Waals surface area (Å²) in [6.07, 6.45) is 1.06. The number of aromatic nitrogens is 1. The van der Waals surface area contributed by atoms with Crippen LogP contribution in [-0.2, 0) is 19.4 Å². The van der Waals surface area contributed by atoms with Gasteiger partial charge in [-0.15, -0.1) is 0 Å². The molecule has 1 aromatic rings. The van der Waals surface area contributed by atoms with Crippen LogP contribution in [-0.4, -0.2) is 44.7 Å². The Balaban J connectivity index is 2.56. The number of ether oxygens (including phenoxy) is 1. The molecule has 0 saturated heterocycles. The third-order valence-electron chi connectivity index (χ3n) is 1.82. The number of primary amides is 1. The lowest BCUT2D eigenvalue weighted by Gasteiger charge is -2.05. The van der Waals surface area contributed by atoms with Crippen molar-refractivity contribution in [3.8, 4) is 0 Å². The van der Waals surface area contributed by atoms with Crippen molar-refractivity contribution < 1.29 is 17.9 Å². The molecule has 10 heteroatoms. The molecular weight excluding hydrogens is 280 g/mol. The Labute approximate surface area is 108 Å². The van der Waals surface area contributed by atoms with Crippen molar-refractivity contribution in [1.29, 1.82) is 0 Å². The van der Waals surface area contributed by atoms with E-state index in [1.54, 1.807) is 0 Å². The standard InChI is InChI=1S/C8H14N4O4S2/c1-18(14,15)6-7(10)12-17-8(6)11-2-3-16-4-5(9)13/h11H,2-4H2,1H3,(H2,9,13)(H2,10,12). The van der Waals surface area contributed by atoms with Gasteiger partial charge in [-0.05, 0) is 11.5 Å². The number of carbonyl (C=O) groups excluding carboxylic acids is 1. The van der Waals surface area contributed by atoms with Gasteiger partial charge in [0.25, 0.3) is 0 Å². The van der Waals surface area contributed by atoms with Gasteiger partial charge in [0.15, 0.2) is 15.7 Å². The molecule has 1 heterocycles. The second-order valence-corrected chi connectivity index (χ2v) is 6.17. The van der Waals surface area contributed by atoms with Gasteiger partial charge in [0.1, 0.15) is 16.5 Å². The number of amides is 1. The molecule has 18 heavy (non-hydrogen) atoms. The van der Waals surface area contributed by atoms with Crippen LogP contribution in [0.1, 0.15) is 0 Å². The fraction of sp³-hybridized carbons (Fsp3) is 0.500. The number of hydrogen-bond acceptors (Lipinski definition) is 8. The quantitative estimate of drug-likeness (QED) is 0.551. The van der Waals surface area contributed by atoms with E-state index in [0.717, 1.165) is 17.8 Å². The Kier molecular flexibility index (Phi) is 4.87. The fourth-order valence-electron chi connectivity index (χ4n) is 1.17. The third-order valence-corrected chi connectivity index (χ3v) is 3.92. The minimum absolute atomic E-state index is 0.0117. The molecule has 1 aromatic heterocycles. The van der Waals surface area contributed by atoms with E-state index in [1.807, 2.05) is 0 Å². The number of rotatable bonds is 7. The summed E-state index contributed by atoms with van der Waals surface area (Å²) in [7, 11) is -3.43. The first-order chi connectivity index (χ1) is 8.32. The van der Waals surface area contributed by atoms with Crippen LogP contribution in [0.25, 0.3) is 0 Å². The van der Waals surface area contributed by atoms with E-state index in [9.17, 15) is 13.2 Å². The predicted molar refractivity (Wildman–Crippen MR) is 68.1 cm³/mol. The van der Waals surface area contributed by atoms with E-state index in [0.29, 0.717) is 11.5 Å². The molecule has 0 unspecified atom stereocenters. The number of nitrogen functional groups attached to an aromatic ring is 1. The van der Waals surface area contributed by atoms with Gasteiger partial charge in [0.2, 0.25) is 5.91 Å². The topological polar surface area (TPSA) is 137 Å². The summed E-state index contributed by atoms with van der Waals surface area (Å²) in [4.78, 5) is 10.4. The number of nitrogens with two attached hydrogens (primary N) is 2. The van der Waals surface area contributed by atoms with E-state index in [4.69, 9.17) is 16.2 Å². The van der Waals surface area contributed by atoms with Crippen molar-refractivity contribution in [3.05, 3.63) is 0 Å². The predicted octanol–water partition coefficient (Wildman–Crippen LogP) is -0.957. The highest BCUT2D eigenvalue weighted by Crippen LogP contribution is 2.30. The summed E-state index contributed by atoms with van der Waals surface area (Å²) in [5, 5.41) is 3.19. The van der Waals surface area contributed by atoms with Crippen molar-refractivity contribution in [2.45, 2.75) is 4.90 Å². The van der Waals surface area contributed by atoms with Gasteiger partial charge in [-0.3, -0.25) is 4.79 Å². The number of hydrogen-bond donors (Lipinski definition) is 3. The van der Waals surface area contributed by atoms with Gasteiger partial charge in [-0.2, -0.15) is 4.37 Å². The second kappa shape index (κ2) is 5.98. The van der Waals surface area contributed by atoms with Crippen molar-refractivity contribution in [3.63, 3.8) is 0 Å².